The quantitative estimate of drug-likeness (QED) is 0.559. The molecule has 0 aromatic heterocycles. The Kier molecular flexibility index (Phi) is 8.25. The third-order valence-corrected chi connectivity index (χ3v) is 5.11. The van der Waals surface area contributed by atoms with Gasteiger partial charge in [0, 0.05) is 18.8 Å². The van der Waals surface area contributed by atoms with Crippen LogP contribution in [0.4, 0.5) is 0 Å². The molecule has 2 rings (SSSR count). The molecule has 0 saturated heterocycles. The van der Waals surface area contributed by atoms with Crippen molar-refractivity contribution in [1.29, 1.82) is 0 Å². The molecule has 2 N–H and O–H groups in total. The van der Waals surface area contributed by atoms with Crippen LogP contribution in [0.3, 0.4) is 0 Å². The lowest BCUT2D eigenvalue weighted by atomic mass is 9.95. The Morgan fingerprint density at radius 3 is 2.20 bits per heavy atom. The normalized spacial score (nSPS) is 23.0. The van der Waals surface area contributed by atoms with Crippen molar-refractivity contribution in [3.05, 3.63) is 0 Å². The molecule has 144 valence electrons. The molecule has 0 aromatic carbocycles. The molecular weight excluding hydrogens is 308 g/mol. The molecule has 0 amide bonds. The molecule has 4 nitrogen and oxygen atoms in total. The minimum Gasteiger partial charge on any atom is -0.354 e. The number of hydrogen-bond donors (Lipinski definition) is 2. The van der Waals surface area contributed by atoms with E-state index < -0.39 is 0 Å². The summed E-state index contributed by atoms with van der Waals surface area (Å²) in [6, 6.07) is 1.36. The number of guanidine groups is 1. The summed E-state index contributed by atoms with van der Waals surface area (Å²) in [6.07, 6.45) is 15.3. The van der Waals surface area contributed by atoms with E-state index >= 15 is 0 Å². The van der Waals surface area contributed by atoms with Crippen molar-refractivity contribution in [3.8, 4) is 0 Å². The van der Waals surface area contributed by atoms with Crippen LogP contribution in [0.15, 0.2) is 9.98 Å². The van der Waals surface area contributed by atoms with Gasteiger partial charge in [-0.05, 0) is 38.0 Å². The van der Waals surface area contributed by atoms with Crippen LogP contribution in [0.5, 0.6) is 0 Å². The zero-order chi connectivity index (χ0) is 18.1. The maximum Gasteiger partial charge on any atom is 0.191 e. The summed E-state index contributed by atoms with van der Waals surface area (Å²) in [7, 11) is 0. The van der Waals surface area contributed by atoms with Gasteiger partial charge in [0.15, 0.2) is 5.96 Å². The SMILES string of the molecule is CC(CNC(=NC1CCCCC1)NC1CCCCC1)N=CC(C)(C)C. The molecule has 2 saturated carbocycles. The third kappa shape index (κ3) is 8.73. The van der Waals surface area contributed by atoms with Gasteiger partial charge in [-0.15, -0.1) is 0 Å². The highest BCUT2D eigenvalue weighted by molar-refractivity contribution is 5.80. The summed E-state index contributed by atoms with van der Waals surface area (Å²) in [6.45, 7) is 9.59. The first-order valence-corrected chi connectivity index (χ1v) is 10.5. The Hall–Kier alpha value is -1.06. The van der Waals surface area contributed by atoms with Gasteiger partial charge in [-0.3, -0.25) is 4.99 Å². The molecule has 2 aliphatic carbocycles. The summed E-state index contributed by atoms with van der Waals surface area (Å²) in [5.74, 6) is 1.02. The predicted octanol–water partition coefficient (Wildman–Crippen LogP) is 4.69. The smallest absolute Gasteiger partial charge is 0.191 e. The fourth-order valence-electron chi connectivity index (χ4n) is 3.61. The van der Waals surface area contributed by atoms with Crippen molar-refractivity contribution in [1.82, 2.24) is 10.6 Å². The highest BCUT2D eigenvalue weighted by Crippen LogP contribution is 2.21. The van der Waals surface area contributed by atoms with Gasteiger partial charge in [-0.2, -0.15) is 0 Å². The van der Waals surface area contributed by atoms with Gasteiger partial charge in [0.2, 0.25) is 0 Å². The standard InChI is InChI=1S/C21H40N4/c1-17(23-16-21(2,3)4)15-22-20(24-18-11-7-5-8-12-18)25-19-13-9-6-10-14-19/h16-19H,5-15H2,1-4H3,(H2,22,24,25). The second-order valence-electron chi connectivity index (χ2n) is 9.12. The molecule has 0 spiro atoms. The van der Waals surface area contributed by atoms with E-state index in [9.17, 15) is 0 Å². The van der Waals surface area contributed by atoms with E-state index in [0.29, 0.717) is 12.1 Å². The highest BCUT2D eigenvalue weighted by atomic mass is 15.2. The maximum absolute atomic E-state index is 5.05. The number of hydrogen-bond acceptors (Lipinski definition) is 2. The molecule has 0 bridgehead atoms. The van der Waals surface area contributed by atoms with Gasteiger partial charge in [0.1, 0.15) is 0 Å². The second kappa shape index (κ2) is 10.2. The van der Waals surface area contributed by atoms with Gasteiger partial charge < -0.3 is 10.6 Å². The van der Waals surface area contributed by atoms with Crippen molar-refractivity contribution in [3.63, 3.8) is 0 Å². The molecule has 2 fully saturated rings. The van der Waals surface area contributed by atoms with E-state index in [-0.39, 0.29) is 11.5 Å². The first-order chi connectivity index (χ1) is 11.9. The highest BCUT2D eigenvalue weighted by Gasteiger charge is 2.18. The molecule has 25 heavy (non-hydrogen) atoms. The van der Waals surface area contributed by atoms with Gasteiger partial charge in [0.05, 0.1) is 12.1 Å². The van der Waals surface area contributed by atoms with Crippen LogP contribution in [0.2, 0.25) is 0 Å². The maximum atomic E-state index is 5.05. The second-order valence-corrected chi connectivity index (χ2v) is 9.12. The largest absolute Gasteiger partial charge is 0.354 e. The molecule has 4 heteroatoms. The van der Waals surface area contributed by atoms with E-state index in [1.807, 2.05) is 0 Å². The van der Waals surface area contributed by atoms with E-state index in [1.165, 1.54) is 64.2 Å². The first kappa shape index (κ1) is 20.3. The minimum atomic E-state index is 0.146. The Morgan fingerprint density at radius 1 is 1.00 bits per heavy atom. The number of rotatable bonds is 5. The lowest BCUT2D eigenvalue weighted by molar-refractivity contribution is 0.404. The third-order valence-electron chi connectivity index (χ3n) is 5.11. The molecule has 1 unspecified atom stereocenters. The van der Waals surface area contributed by atoms with E-state index in [1.54, 1.807) is 0 Å². The summed E-state index contributed by atoms with van der Waals surface area (Å²) >= 11 is 0. The number of aliphatic imine (C=N–C) groups is 2. The van der Waals surface area contributed by atoms with Crippen molar-refractivity contribution in [2.45, 2.75) is 110 Å². The van der Waals surface area contributed by atoms with Crippen LogP contribution in [0.1, 0.15) is 91.9 Å². The van der Waals surface area contributed by atoms with Gasteiger partial charge in [-0.1, -0.05) is 59.3 Å². The first-order valence-electron chi connectivity index (χ1n) is 10.5. The fraction of sp³-hybridized carbons (Fsp3) is 0.905. The fourth-order valence-corrected chi connectivity index (χ4v) is 3.61. The molecule has 2 aliphatic rings. The van der Waals surface area contributed by atoms with Crippen LogP contribution < -0.4 is 10.6 Å². The Bertz CT molecular complexity index is 424. The average Bonchev–Trinajstić information content (AvgIpc) is 2.59. The van der Waals surface area contributed by atoms with Gasteiger partial charge in [0.25, 0.3) is 0 Å². The van der Waals surface area contributed by atoms with Gasteiger partial charge >= 0.3 is 0 Å². The number of nitrogens with one attached hydrogen (secondary N) is 2. The summed E-state index contributed by atoms with van der Waals surface area (Å²) in [5, 5.41) is 7.29. The van der Waals surface area contributed by atoms with E-state index in [2.05, 4.69) is 44.5 Å². The van der Waals surface area contributed by atoms with Crippen molar-refractivity contribution in [2.24, 2.45) is 15.4 Å². The summed E-state index contributed by atoms with van der Waals surface area (Å²) < 4.78 is 0. The monoisotopic (exact) mass is 348 g/mol. The van der Waals surface area contributed by atoms with Crippen molar-refractivity contribution >= 4 is 12.2 Å². The van der Waals surface area contributed by atoms with E-state index in [0.717, 1.165) is 12.5 Å². The summed E-state index contributed by atoms with van der Waals surface area (Å²) in [5.41, 5.74) is 0.146. The lowest BCUT2D eigenvalue weighted by Crippen LogP contribution is -2.46. The van der Waals surface area contributed by atoms with Gasteiger partial charge in [-0.25, -0.2) is 4.99 Å². The van der Waals surface area contributed by atoms with E-state index in [4.69, 9.17) is 9.98 Å². The van der Waals surface area contributed by atoms with Crippen LogP contribution in [-0.2, 0) is 0 Å². The summed E-state index contributed by atoms with van der Waals surface area (Å²) in [4.78, 5) is 9.74. The number of nitrogens with zero attached hydrogens (tertiary/aromatic N) is 2. The van der Waals surface area contributed by atoms with Crippen molar-refractivity contribution < 1.29 is 0 Å². The van der Waals surface area contributed by atoms with Crippen LogP contribution in [0, 0.1) is 5.41 Å². The zero-order valence-corrected chi connectivity index (χ0v) is 17.0. The molecular formula is C21H40N4. The van der Waals surface area contributed by atoms with Crippen LogP contribution in [0.25, 0.3) is 0 Å². The molecule has 0 aliphatic heterocycles. The molecule has 0 radical (unpaired) electrons. The molecule has 1 atom stereocenters. The van der Waals surface area contributed by atoms with Crippen molar-refractivity contribution in [2.75, 3.05) is 6.54 Å². The molecule has 0 heterocycles. The average molecular weight is 349 g/mol. The topological polar surface area (TPSA) is 48.8 Å². The van der Waals surface area contributed by atoms with Crippen LogP contribution in [-0.4, -0.2) is 36.8 Å². The zero-order valence-electron chi connectivity index (χ0n) is 17.0. The minimum absolute atomic E-state index is 0.146. The Balaban J connectivity index is 1.90. The van der Waals surface area contributed by atoms with Crippen LogP contribution >= 0.6 is 0 Å². The lowest BCUT2D eigenvalue weighted by Gasteiger charge is -2.27. The molecule has 0 aromatic rings. The Morgan fingerprint density at radius 2 is 1.60 bits per heavy atom. The predicted molar refractivity (Wildman–Crippen MR) is 110 cm³/mol. The Labute approximate surface area is 155 Å².